The summed E-state index contributed by atoms with van der Waals surface area (Å²) in [7, 11) is 1.65. The van der Waals surface area contributed by atoms with Crippen LogP contribution in [0, 0.1) is 0 Å². The highest BCUT2D eigenvalue weighted by atomic mass is 16.7. The molecule has 0 aliphatic carbocycles. The average Bonchev–Trinajstić information content (AvgIpc) is 3.16. The van der Waals surface area contributed by atoms with Crippen LogP contribution >= 0.6 is 0 Å². The molecule has 0 aromatic heterocycles. The molecule has 1 aromatic rings. The Morgan fingerprint density at radius 3 is 2.84 bits per heavy atom. The summed E-state index contributed by atoms with van der Waals surface area (Å²) in [5.74, 6) is 0.808. The van der Waals surface area contributed by atoms with Crippen LogP contribution in [0.4, 0.5) is 0 Å². The molecular weight excluding hydrogens is 320 g/mol. The maximum Gasteiger partial charge on any atom is 0.234 e. The van der Waals surface area contributed by atoms with Gasteiger partial charge in [0, 0.05) is 5.56 Å². The molecule has 1 N–H and O–H groups in total. The van der Waals surface area contributed by atoms with Gasteiger partial charge in [0.2, 0.25) is 5.91 Å². The minimum absolute atomic E-state index is 0.0169. The number of ether oxygens (including phenoxy) is 3. The number of hydrogen-bond acceptors (Lipinski definition) is 5. The molecule has 6 heteroatoms. The van der Waals surface area contributed by atoms with Gasteiger partial charge in [0.1, 0.15) is 5.75 Å². The molecule has 1 aromatic carbocycles. The van der Waals surface area contributed by atoms with E-state index in [0.717, 1.165) is 37.1 Å². The number of hydrogen-bond donors (Lipinski definition) is 1. The second kappa shape index (κ2) is 8.65. The number of amides is 1. The van der Waals surface area contributed by atoms with Crippen LogP contribution in [0.5, 0.6) is 5.75 Å². The number of piperidine rings is 1. The number of methoxy groups -OCH3 is 1. The lowest BCUT2D eigenvalue weighted by Gasteiger charge is -2.37. The van der Waals surface area contributed by atoms with Gasteiger partial charge in [0.25, 0.3) is 0 Å². The summed E-state index contributed by atoms with van der Waals surface area (Å²) in [6.07, 6.45) is 3.09. The topological polar surface area (TPSA) is 60.0 Å². The summed E-state index contributed by atoms with van der Waals surface area (Å²) in [5.41, 5.74) is 0.982. The zero-order valence-corrected chi connectivity index (χ0v) is 15.1. The number of nitrogens with zero attached hydrogens (tertiary/aromatic N) is 1. The highest BCUT2D eigenvalue weighted by Crippen LogP contribution is 2.26. The highest BCUT2D eigenvalue weighted by molar-refractivity contribution is 5.78. The Hall–Kier alpha value is -1.63. The van der Waals surface area contributed by atoms with Crippen molar-refractivity contribution in [3.05, 3.63) is 29.8 Å². The first-order valence-electron chi connectivity index (χ1n) is 9.08. The minimum Gasteiger partial charge on any atom is -0.496 e. The molecule has 2 aliphatic heterocycles. The lowest BCUT2D eigenvalue weighted by Crippen LogP contribution is -2.51. The molecule has 0 radical (unpaired) electrons. The molecule has 138 valence electrons. The van der Waals surface area contributed by atoms with Gasteiger partial charge in [-0.25, -0.2) is 0 Å². The Kier molecular flexibility index (Phi) is 6.29. The standard InChI is InChI=1S/C19H28N2O4/c1-14(15-7-3-4-9-17(15)23-2)20-18(22)13-21-10-6-5-8-16(21)19-24-11-12-25-19/h3-4,7,9,14,16,19H,5-6,8,10-13H2,1-2H3,(H,20,22). The average molecular weight is 348 g/mol. The summed E-state index contributed by atoms with van der Waals surface area (Å²) in [6, 6.07) is 7.84. The molecule has 2 fully saturated rings. The van der Waals surface area contributed by atoms with Gasteiger partial charge in [-0.05, 0) is 32.4 Å². The smallest absolute Gasteiger partial charge is 0.234 e. The third-order valence-electron chi connectivity index (χ3n) is 4.96. The number of likely N-dealkylation sites (tertiary alicyclic amines) is 1. The molecule has 25 heavy (non-hydrogen) atoms. The van der Waals surface area contributed by atoms with Crippen LogP contribution in [-0.4, -0.2) is 56.6 Å². The fourth-order valence-corrected chi connectivity index (χ4v) is 3.69. The van der Waals surface area contributed by atoms with Crippen LogP contribution in [0.2, 0.25) is 0 Å². The number of benzene rings is 1. The normalized spacial score (nSPS) is 23.4. The first-order chi connectivity index (χ1) is 12.2. The predicted octanol–water partition coefficient (Wildman–Crippen LogP) is 2.10. The Morgan fingerprint density at radius 2 is 2.08 bits per heavy atom. The highest BCUT2D eigenvalue weighted by Gasteiger charge is 2.34. The zero-order valence-electron chi connectivity index (χ0n) is 15.1. The van der Waals surface area contributed by atoms with Crippen molar-refractivity contribution in [3.8, 4) is 5.75 Å². The number of rotatable bonds is 6. The summed E-state index contributed by atoms with van der Waals surface area (Å²) < 4.78 is 16.7. The Balaban J connectivity index is 1.58. The maximum atomic E-state index is 12.6. The van der Waals surface area contributed by atoms with Crippen LogP contribution in [0.1, 0.15) is 37.8 Å². The molecule has 6 nitrogen and oxygen atoms in total. The van der Waals surface area contributed by atoms with Crippen molar-refractivity contribution in [2.75, 3.05) is 33.4 Å². The second-order valence-electron chi connectivity index (χ2n) is 6.67. The fraction of sp³-hybridized carbons (Fsp3) is 0.632. The molecule has 0 spiro atoms. The van der Waals surface area contributed by atoms with Crippen LogP contribution in [0.25, 0.3) is 0 Å². The van der Waals surface area contributed by atoms with Gasteiger partial charge >= 0.3 is 0 Å². The lowest BCUT2D eigenvalue weighted by molar-refractivity contribution is -0.131. The van der Waals surface area contributed by atoms with E-state index in [1.165, 1.54) is 0 Å². The molecular formula is C19H28N2O4. The van der Waals surface area contributed by atoms with E-state index in [1.807, 2.05) is 31.2 Å². The van der Waals surface area contributed by atoms with E-state index in [4.69, 9.17) is 14.2 Å². The van der Waals surface area contributed by atoms with E-state index in [9.17, 15) is 4.79 Å². The van der Waals surface area contributed by atoms with Gasteiger partial charge in [-0.2, -0.15) is 0 Å². The third kappa shape index (κ3) is 4.51. The number of carbonyl (C=O) groups is 1. The molecule has 0 bridgehead atoms. The molecule has 2 unspecified atom stereocenters. The van der Waals surface area contributed by atoms with Crippen molar-refractivity contribution >= 4 is 5.91 Å². The summed E-state index contributed by atoms with van der Waals surface area (Å²) in [6.45, 7) is 4.54. The van der Waals surface area contributed by atoms with Gasteiger partial charge in [-0.1, -0.05) is 24.6 Å². The quantitative estimate of drug-likeness (QED) is 0.853. The first-order valence-corrected chi connectivity index (χ1v) is 9.08. The van der Waals surface area contributed by atoms with Crippen molar-refractivity contribution in [2.45, 2.75) is 44.6 Å². The van der Waals surface area contributed by atoms with Gasteiger partial charge in [0.05, 0.1) is 39.0 Å². The predicted molar refractivity (Wildman–Crippen MR) is 94.5 cm³/mol. The van der Waals surface area contributed by atoms with Gasteiger partial charge < -0.3 is 19.5 Å². The van der Waals surface area contributed by atoms with E-state index >= 15 is 0 Å². The second-order valence-corrected chi connectivity index (χ2v) is 6.67. The first kappa shape index (κ1) is 18.2. The third-order valence-corrected chi connectivity index (χ3v) is 4.96. The lowest BCUT2D eigenvalue weighted by atomic mass is 10.0. The fourth-order valence-electron chi connectivity index (χ4n) is 3.69. The number of carbonyl (C=O) groups excluding carboxylic acids is 1. The van der Waals surface area contributed by atoms with Crippen LogP contribution < -0.4 is 10.1 Å². The van der Waals surface area contributed by atoms with E-state index in [-0.39, 0.29) is 24.3 Å². The van der Waals surface area contributed by atoms with E-state index < -0.39 is 0 Å². The molecule has 2 heterocycles. The molecule has 2 atom stereocenters. The van der Waals surface area contributed by atoms with Gasteiger partial charge in [-0.15, -0.1) is 0 Å². The van der Waals surface area contributed by atoms with Crippen LogP contribution in [0.3, 0.4) is 0 Å². The van der Waals surface area contributed by atoms with Crippen molar-refractivity contribution in [3.63, 3.8) is 0 Å². The van der Waals surface area contributed by atoms with Gasteiger partial charge in [-0.3, -0.25) is 9.69 Å². The van der Waals surface area contributed by atoms with Crippen molar-refractivity contribution in [1.82, 2.24) is 10.2 Å². The molecule has 2 aliphatic rings. The Morgan fingerprint density at radius 1 is 1.32 bits per heavy atom. The van der Waals surface area contributed by atoms with Gasteiger partial charge in [0.15, 0.2) is 6.29 Å². The zero-order chi connectivity index (χ0) is 17.6. The summed E-state index contributed by atoms with van der Waals surface area (Å²) in [4.78, 5) is 14.8. The molecule has 3 rings (SSSR count). The Labute approximate surface area is 149 Å². The monoisotopic (exact) mass is 348 g/mol. The van der Waals surface area contributed by atoms with Crippen molar-refractivity contribution < 1.29 is 19.0 Å². The summed E-state index contributed by atoms with van der Waals surface area (Å²) >= 11 is 0. The maximum absolute atomic E-state index is 12.6. The van der Waals surface area contributed by atoms with E-state index in [2.05, 4.69) is 10.2 Å². The van der Waals surface area contributed by atoms with Crippen LogP contribution in [0.15, 0.2) is 24.3 Å². The number of para-hydroxylation sites is 1. The minimum atomic E-state index is -0.195. The van der Waals surface area contributed by atoms with Crippen molar-refractivity contribution in [1.29, 1.82) is 0 Å². The Bertz CT molecular complexity index is 574. The van der Waals surface area contributed by atoms with Crippen LogP contribution in [-0.2, 0) is 14.3 Å². The summed E-state index contributed by atoms with van der Waals surface area (Å²) in [5, 5.41) is 3.09. The molecule has 1 amide bonds. The van der Waals surface area contributed by atoms with E-state index in [0.29, 0.717) is 19.8 Å². The molecule has 2 saturated heterocycles. The molecule has 0 saturated carbocycles. The SMILES string of the molecule is COc1ccccc1C(C)NC(=O)CN1CCCCC1C1OCCO1. The largest absolute Gasteiger partial charge is 0.496 e. The van der Waals surface area contributed by atoms with E-state index in [1.54, 1.807) is 7.11 Å². The number of nitrogens with one attached hydrogen (secondary N) is 1. The van der Waals surface area contributed by atoms with Crippen molar-refractivity contribution in [2.24, 2.45) is 0 Å².